The van der Waals surface area contributed by atoms with E-state index in [0.717, 1.165) is 6.42 Å². The monoisotopic (exact) mass is 432 g/mol. The van der Waals surface area contributed by atoms with Gasteiger partial charge in [0.15, 0.2) is 0 Å². The van der Waals surface area contributed by atoms with Crippen molar-refractivity contribution in [2.75, 3.05) is 6.61 Å². The van der Waals surface area contributed by atoms with Gasteiger partial charge in [-0.05, 0) is 55.8 Å². The molecular formula is C12H15Br2ClO3S. The molecule has 19 heavy (non-hydrogen) atoms. The standard InChI is InChI=1S/C12H15Br2ClO3S/c1-12(2,3)4-5-18-11-9(13)6-8(7-10(11)14)19(15,16)17/h6-7H,4-5H2,1-3H3. The largest absolute Gasteiger partial charge is 0.491 e. The Morgan fingerprint density at radius 3 is 2.05 bits per heavy atom. The van der Waals surface area contributed by atoms with Crippen LogP contribution >= 0.6 is 42.5 Å². The minimum Gasteiger partial charge on any atom is -0.491 e. The van der Waals surface area contributed by atoms with E-state index in [-0.39, 0.29) is 10.3 Å². The van der Waals surface area contributed by atoms with E-state index in [4.69, 9.17) is 15.4 Å². The van der Waals surface area contributed by atoms with Gasteiger partial charge in [0.1, 0.15) is 5.75 Å². The van der Waals surface area contributed by atoms with Gasteiger partial charge in [0.05, 0.1) is 20.4 Å². The van der Waals surface area contributed by atoms with Crippen LogP contribution in [-0.2, 0) is 9.05 Å². The first-order chi connectivity index (χ1) is 8.50. The third-order valence-electron chi connectivity index (χ3n) is 2.35. The van der Waals surface area contributed by atoms with Crippen LogP contribution in [0.2, 0.25) is 0 Å². The summed E-state index contributed by atoms with van der Waals surface area (Å²) in [7, 11) is 1.56. The molecular weight excluding hydrogens is 419 g/mol. The summed E-state index contributed by atoms with van der Waals surface area (Å²) in [6, 6.07) is 2.86. The molecule has 0 spiro atoms. The molecule has 0 amide bonds. The first kappa shape index (κ1) is 17.3. The van der Waals surface area contributed by atoms with Crippen LogP contribution in [0.25, 0.3) is 0 Å². The lowest BCUT2D eigenvalue weighted by Gasteiger charge is -2.19. The van der Waals surface area contributed by atoms with E-state index in [1.807, 2.05) is 0 Å². The van der Waals surface area contributed by atoms with E-state index in [1.54, 1.807) is 0 Å². The van der Waals surface area contributed by atoms with Gasteiger partial charge in [-0.15, -0.1) is 0 Å². The van der Waals surface area contributed by atoms with Crippen molar-refractivity contribution in [1.29, 1.82) is 0 Å². The van der Waals surface area contributed by atoms with Crippen molar-refractivity contribution < 1.29 is 13.2 Å². The average molecular weight is 435 g/mol. The highest BCUT2D eigenvalue weighted by Gasteiger charge is 2.17. The van der Waals surface area contributed by atoms with Crippen LogP contribution in [0.3, 0.4) is 0 Å². The summed E-state index contributed by atoms with van der Waals surface area (Å²) in [5, 5.41) is 0. The van der Waals surface area contributed by atoms with Crippen LogP contribution in [0, 0.1) is 5.41 Å². The molecule has 0 aliphatic rings. The van der Waals surface area contributed by atoms with Gasteiger partial charge >= 0.3 is 0 Å². The lowest BCUT2D eigenvalue weighted by molar-refractivity contribution is 0.241. The Bertz CT molecular complexity index is 542. The summed E-state index contributed by atoms with van der Waals surface area (Å²) in [5.41, 5.74) is 0.179. The van der Waals surface area contributed by atoms with Crippen LogP contribution in [0.4, 0.5) is 0 Å². The predicted molar refractivity (Wildman–Crippen MR) is 84.4 cm³/mol. The normalized spacial score (nSPS) is 12.5. The fourth-order valence-electron chi connectivity index (χ4n) is 1.27. The molecule has 0 aromatic heterocycles. The number of benzene rings is 1. The molecule has 0 radical (unpaired) electrons. The number of ether oxygens (including phenoxy) is 1. The van der Waals surface area contributed by atoms with Crippen molar-refractivity contribution in [1.82, 2.24) is 0 Å². The van der Waals surface area contributed by atoms with E-state index in [2.05, 4.69) is 52.6 Å². The van der Waals surface area contributed by atoms with E-state index in [9.17, 15) is 8.42 Å². The minimum atomic E-state index is -3.75. The Hall–Kier alpha value is 0.220. The Kier molecular flexibility index (Phi) is 5.75. The summed E-state index contributed by atoms with van der Waals surface area (Å²) in [6.07, 6.45) is 0.890. The molecule has 1 rings (SSSR count). The first-order valence-corrected chi connectivity index (χ1v) is 9.47. The van der Waals surface area contributed by atoms with Gasteiger partial charge in [0.2, 0.25) is 0 Å². The van der Waals surface area contributed by atoms with Crippen LogP contribution < -0.4 is 4.74 Å². The Labute approximate surface area is 135 Å². The minimum absolute atomic E-state index is 0.0242. The molecule has 0 unspecified atom stereocenters. The van der Waals surface area contributed by atoms with Gasteiger partial charge in [-0.3, -0.25) is 0 Å². The van der Waals surface area contributed by atoms with E-state index >= 15 is 0 Å². The second-order valence-corrected chi connectivity index (χ2v) is 9.59. The smallest absolute Gasteiger partial charge is 0.261 e. The maximum absolute atomic E-state index is 11.3. The highest BCUT2D eigenvalue weighted by Crippen LogP contribution is 2.37. The van der Waals surface area contributed by atoms with Crippen LogP contribution in [-0.4, -0.2) is 15.0 Å². The quantitative estimate of drug-likeness (QED) is 0.630. The van der Waals surface area contributed by atoms with E-state index < -0.39 is 9.05 Å². The molecule has 0 atom stereocenters. The Balaban J connectivity index is 2.93. The number of halogens is 3. The van der Waals surface area contributed by atoms with Crippen LogP contribution in [0.5, 0.6) is 5.75 Å². The molecule has 3 nitrogen and oxygen atoms in total. The summed E-state index contributed by atoms with van der Waals surface area (Å²) < 4.78 is 29.3. The van der Waals surface area contributed by atoms with E-state index in [1.165, 1.54) is 12.1 Å². The van der Waals surface area contributed by atoms with Gasteiger partial charge in [-0.25, -0.2) is 8.42 Å². The SMILES string of the molecule is CC(C)(C)CCOc1c(Br)cc(S(=O)(=O)Cl)cc1Br. The predicted octanol–water partition coefficient (Wildman–Crippen LogP) is 4.95. The topological polar surface area (TPSA) is 43.4 Å². The molecule has 0 aliphatic carbocycles. The molecule has 0 aliphatic heterocycles. The second-order valence-electron chi connectivity index (χ2n) is 5.31. The lowest BCUT2D eigenvalue weighted by Crippen LogP contribution is -2.11. The van der Waals surface area contributed by atoms with Gasteiger partial charge in [0, 0.05) is 10.7 Å². The average Bonchev–Trinajstić information content (AvgIpc) is 2.18. The second kappa shape index (κ2) is 6.33. The highest BCUT2D eigenvalue weighted by molar-refractivity contribution is 9.11. The summed E-state index contributed by atoms with van der Waals surface area (Å²) >= 11 is 6.59. The number of hydrogen-bond donors (Lipinski definition) is 0. The third kappa shape index (κ3) is 5.61. The summed E-state index contributed by atoms with van der Waals surface area (Å²) in [6.45, 7) is 6.94. The van der Waals surface area contributed by atoms with Crippen LogP contribution in [0.1, 0.15) is 27.2 Å². The highest BCUT2D eigenvalue weighted by atomic mass is 79.9. The summed E-state index contributed by atoms with van der Waals surface area (Å²) in [5.74, 6) is 0.577. The zero-order chi connectivity index (χ0) is 14.8. The molecule has 1 aromatic carbocycles. The van der Waals surface area contributed by atoms with Gasteiger partial charge in [-0.1, -0.05) is 20.8 Å². The maximum Gasteiger partial charge on any atom is 0.261 e. The molecule has 0 saturated carbocycles. The Morgan fingerprint density at radius 2 is 1.68 bits per heavy atom. The lowest BCUT2D eigenvalue weighted by atomic mass is 9.93. The zero-order valence-electron chi connectivity index (χ0n) is 10.8. The molecule has 108 valence electrons. The van der Waals surface area contributed by atoms with Crippen molar-refractivity contribution in [3.05, 3.63) is 21.1 Å². The van der Waals surface area contributed by atoms with Crippen LogP contribution in [0.15, 0.2) is 26.0 Å². The Morgan fingerprint density at radius 1 is 1.21 bits per heavy atom. The van der Waals surface area contributed by atoms with Crippen molar-refractivity contribution in [3.63, 3.8) is 0 Å². The maximum atomic E-state index is 11.3. The van der Waals surface area contributed by atoms with Crippen molar-refractivity contribution in [3.8, 4) is 5.75 Å². The van der Waals surface area contributed by atoms with Crippen molar-refractivity contribution >= 4 is 51.6 Å². The molecule has 0 fully saturated rings. The van der Waals surface area contributed by atoms with Crippen molar-refractivity contribution in [2.45, 2.75) is 32.1 Å². The van der Waals surface area contributed by atoms with Crippen molar-refractivity contribution in [2.24, 2.45) is 5.41 Å². The van der Waals surface area contributed by atoms with Gasteiger partial charge in [0.25, 0.3) is 9.05 Å². The molecule has 1 aromatic rings. The molecule has 0 heterocycles. The fraction of sp³-hybridized carbons (Fsp3) is 0.500. The number of rotatable bonds is 4. The fourth-order valence-corrected chi connectivity index (χ4v) is 3.78. The third-order valence-corrected chi connectivity index (χ3v) is 4.86. The first-order valence-electron chi connectivity index (χ1n) is 5.57. The van der Waals surface area contributed by atoms with E-state index in [0.29, 0.717) is 21.3 Å². The molecule has 0 saturated heterocycles. The number of hydrogen-bond acceptors (Lipinski definition) is 3. The van der Waals surface area contributed by atoms with Gasteiger partial charge < -0.3 is 4.74 Å². The molecule has 0 bridgehead atoms. The molecule has 0 N–H and O–H groups in total. The zero-order valence-corrected chi connectivity index (χ0v) is 15.6. The summed E-state index contributed by atoms with van der Waals surface area (Å²) in [4.78, 5) is 0.0242. The molecule has 7 heteroatoms. The van der Waals surface area contributed by atoms with Gasteiger partial charge in [-0.2, -0.15) is 0 Å².